The maximum atomic E-state index is 2.50. The van der Waals surface area contributed by atoms with E-state index >= 15 is 0 Å². The van der Waals surface area contributed by atoms with E-state index < -0.39 is 0 Å². The second-order valence-electron chi connectivity index (χ2n) is 5.37. The molecule has 0 aromatic rings. The third-order valence-electron chi connectivity index (χ3n) is 4.63. The van der Waals surface area contributed by atoms with Crippen molar-refractivity contribution < 1.29 is 0 Å². The molecule has 0 aliphatic heterocycles. The standard InChI is InChI=1S/C13H26/c1-6-8-12-9-13(12,5)11(4)10(3)7-2/h10-12H,6-9H2,1-5H3. The Kier molecular flexibility index (Phi) is 3.43. The van der Waals surface area contributed by atoms with E-state index in [9.17, 15) is 0 Å². The highest BCUT2D eigenvalue weighted by Crippen LogP contribution is 2.61. The van der Waals surface area contributed by atoms with Crippen molar-refractivity contribution in [3.05, 3.63) is 0 Å². The van der Waals surface area contributed by atoms with Crippen molar-refractivity contribution in [2.45, 2.75) is 60.3 Å². The molecule has 13 heavy (non-hydrogen) atoms. The quantitative estimate of drug-likeness (QED) is 0.587. The summed E-state index contributed by atoms with van der Waals surface area (Å²) in [6, 6.07) is 0. The Hall–Kier alpha value is 0. The van der Waals surface area contributed by atoms with Crippen molar-refractivity contribution in [1.29, 1.82) is 0 Å². The minimum atomic E-state index is 0.700. The molecule has 0 aromatic carbocycles. The van der Waals surface area contributed by atoms with Crippen molar-refractivity contribution in [1.82, 2.24) is 0 Å². The third-order valence-corrected chi connectivity index (χ3v) is 4.63. The van der Waals surface area contributed by atoms with Gasteiger partial charge in [-0.05, 0) is 29.6 Å². The van der Waals surface area contributed by atoms with Crippen LogP contribution in [0, 0.1) is 23.2 Å². The molecule has 1 saturated carbocycles. The van der Waals surface area contributed by atoms with Gasteiger partial charge in [0.1, 0.15) is 0 Å². The highest BCUT2D eigenvalue weighted by molar-refractivity contribution is 5.02. The van der Waals surface area contributed by atoms with Gasteiger partial charge in [0.2, 0.25) is 0 Å². The van der Waals surface area contributed by atoms with Crippen LogP contribution in [0.25, 0.3) is 0 Å². The Morgan fingerprint density at radius 1 is 1.31 bits per heavy atom. The van der Waals surface area contributed by atoms with Crippen LogP contribution < -0.4 is 0 Å². The van der Waals surface area contributed by atoms with E-state index in [-0.39, 0.29) is 0 Å². The Morgan fingerprint density at radius 2 is 1.92 bits per heavy atom. The van der Waals surface area contributed by atoms with Crippen LogP contribution in [0.15, 0.2) is 0 Å². The van der Waals surface area contributed by atoms with Crippen LogP contribution in [0.4, 0.5) is 0 Å². The summed E-state index contributed by atoms with van der Waals surface area (Å²) in [5.41, 5.74) is 0.700. The second-order valence-corrected chi connectivity index (χ2v) is 5.37. The Bertz CT molecular complexity index is 161. The Balaban J connectivity index is 2.44. The van der Waals surface area contributed by atoms with Crippen LogP contribution in [0.5, 0.6) is 0 Å². The van der Waals surface area contributed by atoms with Crippen LogP contribution in [0.1, 0.15) is 60.3 Å². The first-order valence-corrected chi connectivity index (χ1v) is 6.06. The average molecular weight is 182 g/mol. The summed E-state index contributed by atoms with van der Waals surface area (Å²) < 4.78 is 0. The molecule has 4 unspecified atom stereocenters. The molecule has 4 atom stereocenters. The summed E-state index contributed by atoms with van der Waals surface area (Å²) in [6.45, 7) is 12.0. The van der Waals surface area contributed by atoms with Gasteiger partial charge >= 0.3 is 0 Å². The fourth-order valence-corrected chi connectivity index (χ4v) is 2.81. The predicted molar refractivity (Wildman–Crippen MR) is 59.7 cm³/mol. The van der Waals surface area contributed by atoms with Gasteiger partial charge in [0.25, 0.3) is 0 Å². The molecule has 0 amide bonds. The minimum Gasteiger partial charge on any atom is -0.0654 e. The van der Waals surface area contributed by atoms with Crippen LogP contribution >= 0.6 is 0 Å². The molecule has 0 nitrogen and oxygen atoms in total. The van der Waals surface area contributed by atoms with Crippen molar-refractivity contribution in [3.8, 4) is 0 Å². The maximum absolute atomic E-state index is 2.50. The second kappa shape index (κ2) is 4.02. The van der Waals surface area contributed by atoms with E-state index in [0.717, 1.165) is 17.8 Å². The van der Waals surface area contributed by atoms with Gasteiger partial charge in [0.05, 0.1) is 0 Å². The highest BCUT2D eigenvalue weighted by atomic mass is 14.6. The zero-order valence-electron chi connectivity index (χ0n) is 10.1. The average Bonchev–Trinajstić information content (AvgIpc) is 2.77. The molecule has 0 N–H and O–H groups in total. The van der Waals surface area contributed by atoms with E-state index in [2.05, 4.69) is 34.6 Å². The van der Waals surface area contributed by atoms with Crippen molar-refractivity contribution in [3.63, 3.8) is 0 Å². The lowest BCUT2D eigenvalue weighted by molar-refractivity contribution is 0.230. The monoisotopic (exact) mass is 182 g/mol. The van der Waals surface area contributed by atoms with Crippen LogP contribution in [-0.4, -0.2) is 0 Å². The topological polar surface area (TPSA) is 0 Å². The fourth-order valence-electron chi connectivity index (χ4n) is 2.81. The maximum Gasteiger partial charge on any atom is -0.0266 e. The van der Waals surface area contributed by atoms with Crippen LogP contribution in [0.3, 0.4) is 0 Å². The molecule has 1 rings (SSSR count). The van der Waals surface area contributed by atoms with Crippen molar-refractivity contribution in [2.75, 3.05) is 0 Å². The summed E-state index contributed by atoms with van der Waals surface area (Å²) in [6.07, 6.45) is 5.66. The molecule has 0 bridgehead atoms. The zero-order chi connectivity index (χ0) is 10.1. The van der Waals surface area contributed by atoms with E-state index in [1.165, 1.54) is 25.7 Å². The molecular weight excluding hydrogens is 156 g/mol. The smallest absolute Gasteiger partial charge is 0.0266 e. The number of hydrogen-bond acceptors (Lipinski definition) is 0. The fraction of sp³-hybridized carbons (Fsp3) is 1.00. The predicted octanol–water partition coefficient (Wildman–Crippen LogP) is 4.49. The summed E-state index contributed by atoms with van der Waals surface area (Å²) in [4.78, 5) is 0. The summed E-state index contributed by atoms with van der Waals surface area (Å²) in [5, 5.41) is 0. The highest BCUT2D eigenvalue weighted by Gasteiger charge is 2.53. The van der Waals surface area contributed by atoms with Gasteiger partial charge in [-0.1, -0.05) is 53.9 Å². The van der Waals surface area contributed by atoms with Gasteiger partial charge in [0.15, 0.2) is 0 Å². The van der Waals surface area contributed by atoms with Gasteiger partial charge in [-0.25, -0.2) is 0 Å². The largest absolute Gasteiger partial charge is 0.0654 e. The summed E-state index contributed by atoms with van der Waals surface area (Å²) in [7, 11) is 0. The first-order valence-electron chi connectivity index (χ1n) is 6.06. The Morgan fingerprint density at radius 3 is 2.38 bits per heavy atom. The Labute approximate surface area is 84.1 Å². The normalized spacial score (nSPS) is 37.2. The van der Waals surface area contributed by atoms with Gasteiger partial charge < -0.3 is 0 Å². The van der Waals surface area contributed by atoms with Crippen molar-refractivity contribution >= 4 is 0 Å². The SMILES string of the molecule is CCCC1CC1(C)C(C)C(C)CC. The summed E-state index contributed by atoms with van der Waals surface area (Å²) >= 11 is 0. The first-order chi connectivity index (χ1) is 6.06. The van der Waals surface area contributed by atoms with Gasteiger partial charge in [-0.2, -0.15) is 0 Å². The van der Waals surface area contributed by atoms with Gasteiger partial charge in [-0.15, -0.1) is 0 Å². The van der Waals surface area contributed by atoms with Crippen LogP contribution in [0.2, 0.25) is 0 Å². The minimum absolute atomic E-state index is 0.700. The molecule has 0 heteroatoms. The van der Waals surface area contributed by atoms with Gasteiger partial charge in [0, 0.05) is 0 Å². The molecule has 0 aromatic heterocycles. The molecule has 0 heterocycles. The lowest BCUT2D eigenvalue weighted by Gasteiger charge is -2.26. The number of hydrogen-bond donors (Lipinski definition) is 0. The van der Waals surface area contributed by atoms with Crippen molar-refractivity contribution in [2.24, 2.45) is 23.2 Å². The summed E-state index contributed by atoms with van der Waals surface area (Å²) in [5.74, 6) is 2.88. The zero-order valence-corrected chi connectivity index (χ0v) is 10.1. The molecule has 0 saturated heterocycles. The van der Waals surface area contributed by atoms with Crippen LogP contribution in [-0.2, 0) is 0 Å². The van der Waals surface area contributed by atoms with E-state index in [4.69, 9.17) is 0 Å². The molecule has 0 spiro atoms. The van der Waals surface area contributed by atoms with Gasteiger partial charge in [-0.3, -0.25) is 0 Å². The third kappa shape index (κ3) is 2.08. The lowest BCUT2D eigenvalue weighted by atomic mass is 9.79. The molecule has 1 fully saturated rings. The van der Waals surface area contributed by atoms with E-state index in [1.807, 2.05) is 0 Å². The molecule has 78 valence electrons. The first kappa shape index (κ1) is 11.1. The molecule has 0 radical (unpaired) electrons. The molecule has 1 aliphatic rings. The van der Waals surface area contributed by atoms with E-state index in [0.29, 0.717) is 5.41 Å². The molecular formula is C13H26. The lowest BCUT2D eigenvalue weighted by Crippen LogP contribution is -2.19. The molecule has 1 aliphatic carbocycles. The van der Waals surface area contributed by atoms with E-state index in [1.54, 1.807) is 0 Å². The number of rotatable bonds is 5.